The molecule has 0 fully saturated rings. The summed E-state index contributed by atoms with van der Waals surface area (Å²) in [7, 11) is -3.01. The van der Waals surface area contributed by atoms with Crippen LogP contribution >= 0.6 is 7.14 Å². The lowest BCUT2D eigenvalue weighted by Gasteiger charge is -2.21. The third-order valence-electron chi connectivity index (χ3n) is 4.80. The molecule has 4 rings (SSSR count). The number of hydrogen-bond donors (Lipinski definition) is 0. The summed E-state index contributed by atoms with van der Waals surface area (Å²) in [6, 6.07) is 19.7. The molecular formula is C22H21O3P. The Kier molecular flexibility index (Phi) is 4.13. The number of hydrogen-bond acceptors (Lipinski definition) is 3. The van der Waals surface area contributed by atoms with E-state index < -0.39 is 7.14 Å². The van der Waals surface area contributed by atoms with Crippen molar-refractivity contribution in [2.24, 2.45) is 0 Å². The summed E-state index contributed by atoms with van der Waals surface area (Å²) in [6.07, 6.45) is 0. The topological polar surface area (TPSA) is 35.5 Å². The van der Waals surface area contributed by atoms with Gasteiger partial charge >= 0.3 is 0 Å². The molecule has 1 heterocycles. The van der Waals surface area contributed by atoms with Crippen molar-refractivity contribution >= 4 is 23.1 Å². The Balaban J connectivity index is 1.97. The molecule has 1 aliphatic rings. The monoisotopic (exact) mass is 364 g/mol. The van der Waals surface area contributed by atoms with Crippen molar-refractivity contribution < 1.29 is 14.0 Å². The third kappa shape index (κ3) is 2.73. The van der Waals surface area contributed by atoms with Gasteiger partial charge in [-0.2, -0.15) is 0 Å². The Bertz CT molecular complexity index is 955. The molecule has 26 heavy (non-hydrogen) atoms. The number of rotatable bonds is 3. The Morgan fingerprint density at radius 1 is 0.731 bits per heavy atom. The van der Waals surface area contributed by atoms with Gasteiger partial charge in [-0.1, -0.05) is 59.7 Å². The summed E-state index contributed by atoms with van der Waals surface area (Å²) in [5.74, 6) is 1.41. The predicted molar refractivity (Wildman–Crippen MR) is 106 cm³/mol. The molecule has 3 nitrogen and oxygen atoms in total. The minimum atomic E-state index is -3.01. The van der Waals surface area contributed by atoms with Gasteiger partial charge in [-0.3, -0.25) is 0 Å². The molecule has 0 amide bonds. The summed E-state index contributed by atoms with van der Waals surface area (Å²) in [5, 5.41) is 2.42. The van der Waals surface area contributed by atoms with Gasteiger partial charge in [-0.25, -0.2) is 0 Å². The van der Waals surface area contributed by atoms with Crippen LogP contribution in [-0.4, -0.2) is 6.79 Å². The van der Waals surface area contributed by atoms with Gasteiger partial charge in [0, 0.05) is 15.9 Å². The van der Waals surface area contributed by atoms with Crippen LogP contribution in [0.1, 0.15) is 16.7 Å². The summed E-state index contributed by atoms with van der Waals surface area (Å²) >= 11 is 0. The fourth-order valence-corrected chi connectivity index (χ4v) is 6.01. The molecule has 0 atom stereocenters. The highest BCUT2D eigenvalue weighted by molar-refractivity contribution is 7.85. The average molecular weight is 364 g/mol. The van der Waals surface area contributed by atoms with Gasteiger partial charge in [-0.15, -0.1) is 0 Å². The fourth-order valence-electron chi connectivity index (χ4n) is 3.31. The van der Waals surface area contributed by atoms with Crippen molar-refractivity contribution in [2.45, 2.75) is 20.8 Å². The molecular weight excluding hydrogens is 343 g/mol. The fraction of sp³-hybridized carbons (Fsp3) is 0.182. The van der Waals surface area contributed by atoms with Gasteiger partial charge < -0.3 is 14.0 Å². The van der Waals surface area contributed by atoms with E-state index in [-0.39, 0.29) is 6.79 Å². The molecule has 132 valence electrons. The first kappa shape index (κ1) is 16.9. The lowest BCUT2D eigenvalue weighted by atomic mass is 10.2. The smallest absolute Gasteiger partial charge is 0.231 e. The maximum atomic E-state index is 14.5. The Labute approximate surface area is 154 Å². The SMILES string of the molecule is Cc1ccc(P(=O)(c2ccc(C)cc2)c2cc(C)c3c(c2)OCO3)cc1. The van der Waals surface area contributed by atoms with Crippen LogP contribution in [0.15, 0.2) is 60.7 Å². The zero-order valence-electron chi connectivity index (χ0n) is 15.2. The molecule has 4 heteroatoms. The number of benzene rings is 3. The quantitative estimate of drug-likeness (QED) is 0.660. The second-order valence-corrected chi connectivity index (χ2v) is 9.54. The van der Waals surface area contributed by atoms with E-state index in [0.717, 1.165) is 38.4 Å². The van der Waals surface area contributed by atoms with E-state index in [4.69, 9.17) is 9.47 Å². The summed E-state index contributed by atoms with van der Waals surface area (Å²) < 4.78 is 25.6. The van der Waals surface area contributed by atoms with Gasteiger partial charge in [0.1, 0.15) is 0 Å². The van der Waals surface area contributed by atoms with Gasteiger partial charge in [0.05, 0.1) is 0 Å². The zero-order valence-corrected chi connectivity index (χ0v) is 16.0. The molecule has 0 N–H and O–H groups in total. The molecule has 0 unspecified atom stereocenters. The summed E-state index contributed by atoms with van der Waals surface area (Å²) in [5.41, 5.74) is 3.23. The van der Waals surface area contributed by atoms with Crippen molar-refractivity contribution in [3.8, 4) is 11.5 Å². The molecule has 0 saturated carbocycles. The minimum Gasteiger partial charge on any atom is -0.454 e. The zero-order chi connectivity index (χ0) is 18.3. The highest BCUT2D eigenvalue weighted by Gasteiger charge is 2.32. The Hall–Kier alpha value is -2.51. The number of ether oxygens (including phenoxy) is 2. The third-order valence-corrected chi connectivity index (χ3v) is 7.84. The normalized spacial score (nSPS) is 13.0. The molecule has 3 aromatic carbocycles. The Morgan fingerprint density at radius 2 is 1.27 bits per heavy atom. The first-order chi connectivity index (χ1) is 12.5. The van der Waals surface area contributed by atoms with Crippen molar-refractivity contribution in [2.75, 3.05) is 6.79 Å². The van der Waals surface area contributed by atoms with E-state index in [1.807, 2.05) is 81.4 Å². The maximum absolute atomic E-state index is 14.5. The van der Waals surface area contributed by atoms with Crippen molar-refractivity contribution in [3.63, 3.8) is 0 Å². The molecule has 0 radical (unpaired) electrons. The van der Waals surface area contributed by atoms with Crippen LogP contribution < -0.4 is 25.4 Å². The predicted octanol–water partition coefficient (Wildman–Crippen LogP) is 3.98. The van der Waals surface area contributed by atoms with Gasteiger partial charge in [0.2, 0.25) is 6.79 Å². The van der Waals surface area contributed by atoms with Crippen LogP contribution in [0.4, 0.5) is 0 Å². The molecule has 0 bridgehead atoms. The van der Waals surface area contributed by atoms with E-state index in [1.54, 1.807) is 0 Å². The number of aryl methyl sites for hydroxylation is 3. The molecule has 0 saturated heterocycles. The highest BCUT2D eigenvalue weighted by Crippen LogP contribution is 2.46. The minimum absolute atomic E-state index is 0.207. The first-order valence-corrected chi connectivity index (χ1v) is 10.3. The lowest BCUT2D eigenvalue weighted by molar-refractivity contribution is 0.173. The van der Waals surface area contributed by atoms with E-state index in [0.29, 0.717) is 5.75 Å². The van der Waals surface area contributed by atoms with E-state index in [1.165, 1.54) is 0 Å². The van der Waals surface area contributed by atoms with Crippen LogP contribution in [0.2, 0.25) is 0 Å². The average Bonchev–Trinajstić information content (AvgIpc) is 3.11. The molecule has 0 spiro atoms. The van der Waals surface area contributed by atoms with Crippen LogP contribution in [-0.2, 0) is 4.57 Å². The summed E-state index contributed by atoms with van der Waals surface area (Å²) in [6.45, 7) is 6.24. The van der Waals surface area contributed by atoms with Gasteiger partial charge in [-0.05, 0) is 38.5 Å². The second kappa shape index (κ2) is 6.34. The van der Waals surface area contributed by atoms with Crippen molar-refractivity contribution in [3.05, 3.63) is 77.4 Å². The van der Waals surface area contributed by atoms with Crippen LogP contribution in [0, 0.1) is 20.8 Å². The maximum Gasteiger partial charge on any atom is 0.231 e. The summed E-state index contributed by atoms with van der Waals surface area (Å²) in [4.78, 5) is 0. The Morgan fingerprint density at radius 3 is 1.81 bits per heavy atom. The van der Waals surface area contributed by atoms with Gasteiger partial charge in [0.15, 0.2) is 18.6 Å². The molecule has 1 aliphatic heterocycles. The standard InChI is InChI=1S/C22H21O3P/c1-15-4-8-18(9-5-15)26(23,19-10-6-16(2)7-11-19)20-12-17(3)22-21(13-20)24-14-25-22/h4-13H,14H2,1-3H3. The van der Waals surface area contributed by atoms with E-state index in [2.05, 4.69) is 0 Å². The second-order valence-electron chi connectivity index (χ2n) is 6.78. The lowest BCUT2D eigenvalue weighted by Crippen LogP contribution is -2.25. The van der Waals surface area contributed by atoms with E-state index >= 15 is 0 Å². The number of fused-ring (bicyclic) bond motifs is 1. The highest BCUT2D eigenvalue weighted by atomic mass is 31.2. The molecule has 0 aromatic heterocycles. The largest absolute Gasteiger partial charge is 0.454 e. The van der Waals surface area contributed by atoms with Crippen molar-refractivity contribution in [1.82, 2.24) is 0 Å². The molecule has 3 aromatic rings. The van der Waals surface area contributed by atoms with E-state index in [9.17, 15) is 4.57 Å². The van der Waals surface area contributed by atoms with Crippen molar-refractivity contribution in [1.29, 1.82) is 0 Å². The molecule has 0 aliphatic carbocycles. The van der Waals surface area contributed by atoms with Crippen LogP contribution in [0.3, 0.4) is 0 Å². The van der Waals surface area contributed by atoms with Crippen LogP contribution in [0.5, 0.6) is 11.5 Å². The van der Waals surface area contributed by atoms with Crippen LogP contribution in [0.25, 0.3) is 0 Å². The van der Waals surface area contributed by atoms with Gasteiger partial charge in [0.25, 0.3) is 0 Å². The first-order valence-electron chi connectivity index (χ1n) is 8.64.